The zero-order chi connectivity index (χ0) is 14.8. The minimum Gasteiger partial charge on any atom is -0.497 e. The van der Waals surface area contributed by atoms with E-state index in [0.717, 1.165) is 25.0 Å². The van der Waals surface area contributed by atoms with Gasteiger partial charge in [0.2, 0.25) is 0 Å². The third kappa shape index (κ3) is 2.84. The molecule has 0 heterocycles. The molecule has 0 bridgehead atoms. The molecule has 0 spiro atoms. The van der Waals surface area contributed by atoms with E-state index in [1.165, 1.54) is 12.0 Å². The molecule has 1 saturated carbocycles. The maximum absolute atomic E-state index is 11.3. The van der Waals surface area contributed by atoms with Crippen molar-refractivity contribution in [2.75, 3.05) is 21.2 Å². The van der Waals surface area contributed by atoms with E-state index in [9.17, 15) is 5.11 Å². The second kappa shape index (κ2) is 6.15. The Morgan fingerprint density at radius 1 is 1.25 bits per heavy atom. The lowest BCUT2D eigenvalue weighted by molar-refractivity contribution is -0.0768. The molecule has 0 aliphatic heterocycles. The average molecular weight is 277 g/mol. The first-order chi connectivity index (χ1) is 9.49. The molecule has 3 heteroatoms. The SMILES string of the molecule is COc1ccc(C(C)C2(O)CCCCC2N(C)C)cc1. The van der Waals surface area contributed by atoms with Gasteiger partial charge in [-0.25, -0.2) is 0 Å². The highest BCUT2D eigenvalue weighted by molar-refractivity contribution is 5.31. The number of rotatable bonds is 4. The number of aliphatic hydroxyl groups is 1. The Morgan fingerprint density at radius 2 is 1.90 bits per heavy atom. The molecule has 0 saturated heterocycles. The topological polar surface area (TPSA) is 32.7 Å². The molecule has 1 aliphatic carbocycles. The Morgan fingerprint density at radius 3 is 2.45 bits per heavy atom. The molecule has 1 fully saturated rings. The van der Waals surface area contributed by atoms with Gasteiger partial charge in [0.15, 0.2) is 0 Å². The van der Waals surface area contributed by atoms with Gasteiger partial charge in [-0.2, -0.15) is 0 Å². The summed E-state index contributed by atoms with van der Waals surface area (Å²) in [6.07, 6.45) is 4.27. The Labute approximate surface area is 122 Å². The van der Waals surface area contributed by atoms with Gasteiger partial charge in [-0.3, -0.25) is 0 Å². The first-order valence-corrected chi connectivity index (χ1v) is 7.52. The van der Waals surface area contributed by atoms with E-state index in [4.69, 9.17) is 4.74 Å². The van der Waals surface area contributed by atoms with Crippen LogP contribution in [0.3, 0.4) is 0 Å². The minimum absolute atomic E-state index is 0.126. The quantitative estimate of drug-likeness (QED) is 0.918. The molecule has 1 N–H and O–H groups in total. The lowest BCUT2D eigenvalue weighted by Crippen LogP contribution is -2.55. The molecule has 2 rings (SSSR count). The molecule has 1 aromatic carbocycles. The summed E-state index contributed by atoms with van der Waals surface area (Å²) < 4.78 is 5.21. The molecule has 1 aromatic rings. The Hall–Kier alpha value is -1.06. The van der Waals surface area contributed by atoms with E-state index in [-0.39, 0.29) is 12.0 Å². The minimum atomic E-state index is -0.643. The van der Waals surface area contributed by atoms with Crippen molar-refractivity contribution < 1.29 is 9.84 Å². The van der Waals surface area contributed by atoms with Gasteiger partial charge in [0.25, 0.3) is 0 Å². The summed E-state index contributed by atoms with van der Waals surface area (Å²) in [6.45, 7) is 2.14. The number of hydrogen-bond acceptors (Lipinski definition) is 3. The van der Waals surface area contributed by atoms with Crippen LogP contribution >= 0.6 is 0 Å². The lowest BCUT2D eigenvalue weighted by atomic mass is 9.70. The van der Waals surface area contributed by atoms with Crippen LogP contribution in [0.2, 0.25) is 0 Å². The average Bonchev–Trinajstić information content (AvgIpc) is 2.46. The van der Waals surface area contributed by atoms with Crippen molar-refractivity contribution in [2.45, 2.75) is 50.2 Å². The van der Waals surface area contributed by atoms with Crippen LogP contribution in [0.1, 0.15) is 44.1 Å². The van der Waals surface area contributed by atoms with Crippen LogP contribution in [0.25, 0.3) is 0 Å². The normalized spacial score (nSPS) is 28.4. The molecular weight excluding hydrogens is 250 g/mol. The molecule has 1 aliphatic rings. The van der Waals surface area contributed by atoms with Crippen molar-refractivity contribution >= 4 is 0 Å². The van der Waals surface area contributed by atoms with E-state index in [1.807, 2.05) is 12.1 Å². The highest BCUT2D eigenvalue weighted by atomic mass is 16.5. The predicted molar refractivity (Wildman–Crippen MR) is 82.3 cm³/mol. The number of nitrogens with zero attached hydrogens (tertiary/aromatic N) is 1. The molecule has 3 unspecified atom stereocenters. The number of methoxy groups -OCH3 is 1. The fourth-order valence-corrected chi connectivity index (χ4v) is 3.55. The summed E-state index contributed by atoms with van der Waals surface area (Å²) >= 11 is 0. The largest absolute Gasteiger partial charge is 0.497 e. The van der Waals surface area contributed by atoms with Gasteiger partial charge in [-0.05, 0) is 44.6 Å². The van der Waals surface area contributed by atoms with Crippen molar-refractivity contribution in [2.24, 2.45) is 0 Å². The van der Waals surface area contributed by atoms with Gasteiger partial charge in [0.05, 0.1) is 12.7 Å². The molecule has 20 heavy (non-hydrogen) atoms. The van der Waals surface area contributed by atoms with Gasteiger partial charge < -0.3 is 14.7 Å². The molecule has 0 amide bonds. The Bertz CT molecular complexity index is 429. The van der Waals surface area contributed by atoms with E-state index < -0.39 is 5.60 Å². The van der Waals surface area contributed by atoms with Crippen molar-refractivity contribution in [1.29, 1.82) is 0 Å². The zero-order valence-electron chi connectivity index (χ0n) is 13.1. The molecule has 3 atom stereocenters. The second-order valence-corrected chi connectivity index (χ2v) is 6.21. The number of hydrogen-bond donors (Lipinski definition) is 1. The van der Waals surface area contributed by atoms with Crippen molar-refractivity contribution in [3.63, 3.8) is 0 Å². The summed E-state index contributed by atoms with van der Waals surface area (Å²) in [7, 11) is 5.82. The van der Waals surface area contributed by atoms with Crippen LogP contribution in [0.5, 0.6) is 5.75 Å². The number of benzene rings is 1. The predicted octanol–water partition coefficient (Wildman–Crippen LogP) is 3.03. The van der Waals surface area contributed by atoms with Crippen LogP contribution in [-0.4, -0.2) is 42.9 Å². The molecule has 3 nitrogen and oxygen atoms in total. The third-order valence-corrected chi connectivity index (χ3v) is 4.87. The van der Waals surface area contributed by atoms with E-state index in [1.54, 1.807) is 7.11 Å². The summed E-state index contributed by atoms with van der Waals surface area (Å²) in [6, 6.07) is 8.32. The van der Waals surface area contributed by atoms with Crippen LogP contribution in [0.4, 0.5) is 0 Å². The Balaban J connectivity index is 2.25. The fourth-order valence-electron chi connectivity index (χ4n) is 3.55. The zero-order valence-corrected chi connectivity index (χ0v) is 13.1. The smallest absolute Gasteiger partial charge is 0.118 e. The number of ether oxygens (including phenoxy) is 1. The first-order valence-electron chi connectivity index (χ1n) is 7.52. The highest BCUT2D eigenvalue weighted by Crippen LogP contribution is 2.41. The van der Waals surface area contributed by atoms with E-state index in [2.05, 4.69) is 38.1 Å². The maximum atomic E-state index is 11.3. The molecule has 112 valence electrons. The maximum Gasteiger partial charge on any atom is 0.118 e. The van der Waals surface area contributed by atoms with Gasteiger partial charge in [0.1, 0.15) is 5.75 Å². The van der Waals surface area contributed by atoms with E-state index >= 15 is 0 Å². The highest BCUT2D eigenvalue weighted by Gasteiger charge is 2.44. The summed E-state index contributed by atoms with van der Waals surface area (Å²) in [5, 5.41) is 11.3. The molecule has 0 radical (unpaired) electrons. The van der Waals surface area contributed by atoms with E-state index in [0.29, 0.717) is 0 Å². The summed E-state index contributed by atoms with van der Waals surface area (Å²) in [5.41, 5.74) is 0.540. The van der Waals surface area contributed by atoms with Crippen molar-refractivity contribution in [3.05, 3.63) is 29.8 Å². The second-order valence-electron chi connectivity index (χ2n) is 6.21. The van der Waals surface area contributed by atoms with Crippen LogP contribution in [-0.2, 0) is 0 Å². The standard InChI is InChI=1S/C17H27NO2/c1-13(14-8-10-15(20-4)11-9-14)17(19)12-6-5-7-16(17)18(2)3/h8-11,13,16,19H,5-7,12H2,1-4H3. The first kappa shape index (κ1) is 15.3. The van der Waals surface area contributed by atoms with Crippen molar-refractivity contribution in [1.82, 2.24) is 4.90 Å². The van der Waals surface area contributed by atoms with Gasteiger partial charge in [-0.15, -0.1) is 0 Å². The van der Waals surface area contributed by atoms with Gasteiger partial charge in [0, 0.05) is 12.0 Å². The summed E-state index contributed by atoms with van der Waals surface area (Å²) in [4.78, 5) is 2.18. The summed E-state index contributed by atoms with van der Waals surface area (Å²) in [5.74, 6) is 0.988. The Kier molecular flexibility index (Phi) is 4.71. The van der Waals surface area contributed by atoms with Crippen LogP contribution in [0.15, 0.2) is 24.3 Å². The van der Waals surface area contributed by atoms with Crippen LogP contribution < -0.4 is 4.74 Å². The van der Waals surface area contributed by atoms with Gasteiger partial charge >= 0.3 is 0 Å². The fraction of sp³-hybridized carbons (Fsp3) is 0.647. The van der Waals surface area contributed by atoms with Crippen molar-refractivity contribution in [3.8, 4) is 5.75 Å². The van der Waals surface area contributed by atoms with Gasteiger partial charge in [-0.1, -0.05) is 31.9 Å². The third-order valence-electron chi connectivity index (χ3n) is 4.87. The lowest BCUT2D eigenvalue weighted by Gasteiger charge is -2.47. The number of likely N-dealkylation sites (N-methyl/N-ethyl adjacent to an activating group) is 1. The molecular formula is C17H27NO2. The van der Waals surface area contributed by atoms with Crippen LogP contribution in [0, 0.1) is 0 Å². The monoisotopic (exact) mass is 277 g/mol. The molecule has 0 aromatic heterocycles.